The Bertz CT molecular complexity index is 567. The SMILES string of the molecule is COc1cc(C(=O)NC(C)(C)C(C)(C)C(=O)O)ccc1F. The van der Waals surface area contributed by atoms with E-state index in [-0.39, 0.29) is 11.3 Å². The summed E-state index contributed by atoms with van der Waals surface area (Å²) in [5.74, 6) is -2.13. The van der Waals surface area contributed by atoms with E-state index in [0.717, 1.165) is 6.07 Å². The van der Waals surface area contributed by atoms with Crippen molar-refractivity contribution in [2.75, 3.05) is 7.11 Å². The van der Waals surface area contributed by atoms with E-state index < -0.39 is 28.6 Å². The van der Waals surface area contributed by atoms with Crippen LogP contribution < -0.4 is 10.1 Å². The van der Waals surface area contributed by atoms with Crippen molar-refractivity contribution in [3.05, 3.63) is 29.6 Å². The van der Waals surface area contributed by atoms with Crippen molar-refractivity contribution in [1.29, 1.82) is 0 Å². The fourth-order valence-corrected chi connectivity index (χ4v) is 1.58. The average Bonchev–Trinajstić information content (AvgIpc) is 2.38. The van der Waals surface area contributed by atoms with Gasteiger partial charge in [-0.15, -0.1) is 0 Å². The standard InChI is InChI=1S/C15H20FNO4/c1-14(2,13(19)20)15(3,4)17-12(18)9-6-7-10(16)11(8-9)21-5/h6-8H,1-5H3,(H,17,18)(H,19,20). The first-order valence-electron chi connectivity index (χ1n) is 6.42. The summed E-state index contributed by atoms with van der Waals surface area (Å²) in [4.78, 5) is 23.5. The molecule has 1 aromatic carbocycles. The highest BCUT2D eigenvalue weighted by Crippen LogP contribution is 2.31. The molecule has 0 fully saturated rings. The Hall–Kier alpha value is -2.11. The summed E-state index contributed by atoms with van der Waals surface area (Å²) in [6, 6.07) is 3.72. The van der Waals surface area contributed by atoms with Gasteiger partial charge in [-0.3, -0.25) is 9.59 Å². The van der Waals surface area contributed by atoms with Crippen molar-refractivity contribution in [3.63, 3.8) is 0 Å². The van der Waals surface area contributed by atoms with Crippen molar-refractivity contribution < 1.29 is 23.8 Å². The maximum Gasteiger partial charge on any atom is 0.311 e. The van der Waals surface area contributed by atoms with Gasteiger partial charge in [-0.25, -0.2) is 4.39 Å². The van der Waals surface area contributed by atoms with E-state index in [1.54, 1.807) is 13.8 Å². The van der Waals surface area contributed by atoms with Crippen molar-refractivity contribution in [2.24, 2.45) is 5.41 Å². The summed E-state index contributed by atoms with van der Waals surface area (Å²) in [5.41, 5.74) is -1.98. The second-order valence-corrected chi connectivity index (χ2v) is 5.86. The fourth-order valence-electron chi connectivity index (χ4n) is 1.58. The minimum atomic E-state index is -1.17. The number of carbonyl (C=O) groups excluding carboxylic acids is 1. The molecule has 5 nitrogen and oxygen atoms in total. The van der Waals surface area contributed by atoms with Crippen molar-refractivity contribution in [3.8, 4) is 5.75 Å². The molecule has 0 atom stereocenters. The molecule has 0 spiro atoms. The molecule has 0 aliphatic heterocycles. The number of carboxylic acids is 1. The van der Waals surface area contributed by atoms with Crippen LogP contribution in [-0.2, 0) is 4.79 Å². The molecule has 21 heavy (non-hydrogen) atoms. The summed E-state index contributed by atoms with van der Waals surface area (Å²) < 4.78 is 18.2. The molecular weight excluding hydrogens is 277 g/mol. The Morgan fingerprint density at radius 3 is 2.29 bits per heavy atom. The molecule has 0 radical (unpaired) electrons. The highest BCUT2D eigenvalue weighted by atomic mass is 19.1. The van der Waals surface area contributed by atoms with Gasteiger partial charge >= 0.3 is 5.97 Å². The van der Waals surface area contributed by atoms with E-state index >= 15 is 0 Å². The van der Waals surface area contributed by atoms with Crippen LogP contribution in [0.1, 0.15) is 38.1 Å². The summed E-state index contributed by atoms with van der Waals surface area (Å²) in [7, 11) is 1.30. The van der Waals surface area contributed by atoms with E-state index in [1.807, 2.05) is 0 Å². The van der Waals surface area contributed by atoms with Gasteiger partial charge in [0.05, 0.1) is 18.1 Å². The molecule has 0 heterocycles. The molecular formula is C15H20FNO4. The van der Waals surface area contributed by atoms with Gasteiger partial charge < -0.3 is 15.2 Å². The number of carboxylic acid groups (broad SMARTS) is 1. The minimum absolute atomic E-state index is 0.0436. The minimum Gasteiger partial charge on any atom is -0.494 e. The van der Waals surface area contributed by atoms with Gasteiger partial charge in [0.25, 0.3) is 5.91 Å². The van der Waals surface area contributed by atoms with Gasteiger partial charge in [0.2, 0.25) is 0 Å². The molecule has 0 bridgehead atoms. The lowest BCUT2D eigenvalue weighted by Crippen LogP contribution is -2.56. The Morgan fingerprint density at radius 1 is 1.24 bits per heavy atom. The van der Waals surface area contributed by atoms with E-state index in [2.05, 4.69) is 5.32 Å². The van der Waals surface area contributed by atoms with Crippen LogP contribution in [0.2, 0.25) is 0 Å². The Kier molecular flexibility index (Phi) is 4.61. The Balaban J connectivity index is 3.03. The zero-order chi connectivity index (χ0) is 16.4. The monoisotopic (exact) mass is 297 g/mol. The maximum absolute atomic E-state index is 13.3. The third-order valence-corrected chi connectivity index (χ3v) is 3.94. The van der Waals surface area contributed by atoms with Crippen LogP contribution >= 0.6 is 0 Å². The van der Waals surface area contributed by atoms with E-state index in [4.69, 9.17) is 4.74 Å². The number of nitrogens with one attached hydrogen (secondary N) is 1. The fraction of sp³-hybridized carbons (Fsp3) is 0.467. The molecule has 0 aliphatic rings. The summed E-state index contributed by atoms with van der Waals surface area (Å²) >= 11 is 0. The molecule has 1 rings (SSSR count). The van der Waals surface area contributed by atoms with Gasteiger partial charge in [-0.1, -0.05) is 0 Å². The number of aliphatic carboxylic acids is 1. The van der Waals surface area contributed by atoms with Gasteiger partial charge in [-0.2, -0.15) is 0 Å². The van der Waals surface area contributed by atoms with Crippen LogP contribution in [0.3, 0.4) is 0 Å². The summed E-state index contributed by atoms with van der Waals surface area (Å²) in [5, 5.41) is 11.9. The molecule has 0 saturated heterocycles. The highest BCUT2D eigenvalue weighted by molar-refractivity contribution is 5.95. The number of ether oxygens (including phenoxy) is 1. The van der Waals surface area contributed by atoms with Crippen molar-refractivity contribution in [1.82, 2.24) is 5.32 Å². The number of hydrogen-bond acceptors (Lipinski definition) is 3. The molecule has 1 aromatic rings. The zero-order valence-electron chi connectivity index (χ0n) is 12.8. The number of carbonyl (C=O) groups is 2. The average molecular weight is 297 g/mol. The number of hydrogen-bond donors (Lipinski definition) is 2. The highest BCUT2D eigenvalue weighted by Gasteiger charge is 2.44. The van der Waals surface area contributed by atoms with E-state index in [9.17, 15) is 19.1 Å². The molecule has 0 saturated carbocycles. The van der Waals surface area contributed by atoms with Crippen LogP contribution in [0.15, 0.2) is 18.2 Å². The third-order valence-electron chi connectivity index (χ3n) is 3.94. The van der Waals surface area contributed by atoms with Gasteiger partial charge in [0.1, 0.15) is 0 Å². The second kappa shape index (κ2) is 5.71. The predicted octanol–water partition coefficient (Wildman–Crippen LogP) is 2.45. The number of halogens is 1. The first-order chi connectivity index (χ1) is 9.52. The predicted molar refractivity (Wildman–Crippen MR) is 75.9 cm³/mol. The van der Waals surface area contributed by atoms with Crippen LogP contribution in [-0.4, -0.2) is 29.6 Å². The van der Waals surface area contributed by atoms with Crippen LogP contribution in [0.4, 0.5) is 4.39 Å². The first-order valence-corrected chi connectivity index (χ1v) is 6.42. The molecule has 1 amide bonds. The quantitative estimate of drug-likeness (QED) is 0.875. The number of rotatable bonds is 5. The van der Waals surface area contributed by atoms with Gasteiger partial charge in [0, 0.05) is 5.56 Å². The van der Waals surface area contributed by atoms with Gasteiger partial charge in [0.15, 0.2) is 11.6 Å². The van der Waals surface area contributed by atoms with Crippen LogP contribution in [0.5, 0.6) is 5.75 Å². The topological polar surface area (TPSA) is 75.6 Å². The summed E-state index contributed by atoms with van der Waals surface area (Å²) in [6.07, 6.45) is 0. The lowest BCUT2D eigenvalue weighted by Gasteiger charge is -2.38. The molecule has 2 N–H and O–H groups in total. The molecule has 0 aromatic heterocycles. The van der Waals surface area contributed by atoms with Crippen molar-refractivity contribution in [2.45, 2.75) is 33.2 Å². The molecule has 0 aliphatic carbocycles. The normalized spacial score (nSPS) is 11.9. The molecule has 0 unspecified atom stereocenters. The van der Waals surface area contributed by atoms with Crippen molar-refractivity contribution >= 4 is 11.9 Å². The number of benzene rings is 1. The lowest BCUT2D eigenvalue weighted by atomic mass is 9.74. The van der Waals surface area contributed by atoms with Crippen LogP contribution in [0, 0.1) is 11.2 Å². The van der Waals surface area contributed by atoms with E-state index in [1.165, 1.54) is 33.1 Å². The van der Waals surface area contributed by atoms with E-state index in [0.29, 0.717) is 0 Å². The largest absolute Gasteiger partial charge is 0.494 e. The number of methoxy groups -OCH3 is 1. The van der Waals surface area contributed by atoms with Crippen LogP contribution in [0.25, 0.3) is 0 Å². The van der Waals surface area contributed by atoms with Gasteiger partial charge in [-0.05, 0) is 45.9 Å². The Morgan fingerprint density at radius 2 is 1.81 bits per heavy atom. The number of amides is 1. The second-order valence-electron chi connectivity index (χ2n) is 5.86. The maximum atomic E-state index is 13.3. The molecule has 6 heteroatoms. The third kappa shape index (κ3) is 3.32. The smallest absolute Gasteiger partial charge is 0.311 e. The molecule has 116 valence electrons. The summed E-state index contributed by atoms with van der Waals surface area (Å²) in [6.45, 7) is 6.31. The Labute approximate surface area is 123 Å². The zero-order valence-corrected chi connectivity index (χ0v) is 12.8. The lowest BCUT2D eigenvalue weighted by molar-refractivity contribution is -0.150. The first kappa shape index (κ1) is 16.9.